The second kappa shape index (κ2) is 6.75. The number of para-hydroxylation sites is 1. The predicted molar refractivity (Wildman–Crippen MR) is 75.4 cm³/mol. The molecule has 21 heavy (non-hydrogen) atoms. The van der Waals surface area contributed by atoms with Crippen LogP contribution < -0.4 is 15.4 Å². The third-order valence-electron chi connectivity index (χ3n) is 3.06. The number of amides is 2. The molecule has 6 heteroatoms. The first-order valence-electron chi connectivity index (χ1n) is 6.82. The van der Waals surface area contributed by atoms with Gasteiger partial charge in [0.25, 0.3) is 5.91 Å². The van der Waals surface area contributed by atoms with Gasteiger partial charge in [-0.25, -0.2) is 0 Å². The van der Waals surface area contributed by atoms with Crippen molar-refractivity contribution in [1.29, 1.82) is 5.26 Å². The van der Waals surface area contributed by atoms with Crippen LogP contribution in [0.2, 0.25) is 0 Å². The van der Waals surface area contributed by atoms with E-state index in [4.69, 9.17) is 10.00 Å². The first-order valence-corrected chi connectivity index (χ1v) is 6.82. The summed E-state index contributed by atoms with van der Waals surface area (Å²) in [5.41, 5.74) is 0.366. The SMILES string of the molecule is CC(NC(=O)COc1ccccc1C#N)C(=O)NC1CC1. The van der Waals surface area contributed by atoms with Crippen LogP contribution in [0.3, 0.4) is 0 Å². The molecule has 0 aromatic heterocycles. The monoisotopic (exact) mass is 287 g/mol. The van der Waals surface area contributed by atoms with Gasteiger partial charge in [-0.05, 0) is 31.9 Å². The van der Waals surface area contributed by atoms with Gasteiger partial charge < -0.3 is 15.4 Å². The molecule has 0 saturated heterocycles. The molecule has 1 aromatic rings. The number of carbonyl (C=O) groups excluding carboxylic acids is 2. The Balaban J connectivity index is 1.78. The molecule has 1 unspecified atom stereocenters. The zero-order valence-electron chi connectivity index (χ0n) is 11.8. The van der Waals surface area contributed by atoms with Crippen LogP contribution in [0.5, 0.6) is 5.75 Å². The molecular weight excluding hydrogens is 270 g/mol. The van der Waals surface area contributed by atoms with E-state index < -0.39 is 11.9 Å². The Morgan fingerprint density at radius 2 is 2.14 bits per heavy atom. The molecule has 0 bridgehead atoms. The Labute approximate surface area is 123 Å². The van der Waals surface area contributed by atoms with E-state index in [2.05, 4.69) is 10.6 Å². The quantitative estimate of drug-likeness (QED) is 0.806. The van der Waals surface area contributed by atoms with Gasteiger partial charge in [0, 0.05) is 6.04 Å². The maximum Gasteiger partial charge on any atom is 0.258 e. The molecule has 1 aliphatic rings. The molecule has 2 amide bonds. The smallest absolute Gasteiger partial charge is 0.258 e. The predicted octanol–water partition coefficient (Wildman–Crippen LogP) is 0.720. The largest absolute Gasteiger partial charge is 0.482 e. The van der Waals surface area contributed by atoms with E-state index in [0.29, 0.717) is 11.3 Å². The van der Waals surface area contributed by atoms with Gasteiger partial charge in [-0.3, -0.25) is 9.59 Å². The molecule has 2 N–H and O–H groups in total. The molecule has 110 valence electrons. The van der Waals surface area contributed by atoms with Crippen molar-refractivity contribution in [2.45, 2.75) is 31.8 Å². The fraction of sp³-hybridized carbons (Fsp3) is 0.400. The molecule has 2 rings (SSSR count). The Morgan fingerprint density at radius 1 is 1.43 bits per heavy atom. The number of nitrogens with zero attached hydrogens (tertiary/aromatic N) is 1. The molecule has 1 fully saturated rings. The fourth-order valence-electron chi connectivity index (χ4n) is 1.73. The lowest BCUT2D eigenvalue weighted by molar-refractivity contribution is -0.129. The average Bonchev–Trinajstić information content (AvgIpc) is 3.29. The first-order chi connectivity index (χ1) is 10.1. The van der Waals surface area contributed by atoms with E-state index in [1.165, 1.54) is 0 Å². The van der Waals surface area contributed by atoms with Gasteiger partial charge in [0.1, 0.15) is 17.9 Å². The summed E-state index contributed by atoms with van der Waals surface area (Å²) in [4.78, 5) is 23.4. The van der Waals surface area contributed by atoms with Crippen LogP contribution in [0, 0.1) is 11.3 Å². The second-order valence-electron chi connectivity index (χ2n) is 4.97. The molecule has 0 aliphatic heterocycles. The van der Waals surface area contributed by atoms with Crippen LogP contribution in [-0.4, -0.2) is 30.5 Å². The summed E-state index contributed by atoms with van der Waals surface area (Å²) in [6.45, 7) is 1.39. The van der Waals surface area contributed by atoms with Crippen molar-refractivity contribution in [1.82, 2.24) is 10.6 Å². The van der Waals surface area contributed by atoms with Crippen LogP contribution in [-0.2, 0) is 9.59 Å². The lowest BCUT2D eigenvalue weighted by Gasteiger charge is -2.14. The maximum absolute atomic E-state index is 11.7. The van der Waals surface area contributed by atoms with Crippen molar-refractivity contribution in [3.8, 4) is 11.8 Å². The highest BCUT2D eigenvalue weighted by Gasteiger charge is 2.26. The summed E-state index contributed by atoms with van der Waals surface area (Å²) in [7, 11) is 0. The topological polar surface area (TPSA) is 91.2 Å². The summed E-state index contributed by atoms with van der Waals surface area (Å²) < 4.78 is 5.30. The maximum atomic E-state index is 11.7. The van der Waals surface area contributed by atoms with E-state index in [1.807, 2.05) is 6.07 Å². The average molecular weight is 287 g/mol. The van der Waals surface area contributed by atoms with Crippen molar-refractivity contribution in [2.24, 2.45) is 0 Å². The Morgan fingerprint density at radius 3 is 2.81 bits per heavy atom. The highest BCUT2D eigenvalue weighted by molar-refractivity contribution is 5.88. The minimum atomic E-state index is -0.604. The number of hydrogen-bond donors (Lipinski definition) is 2. The highest BCUT2D eigenvalue weighted by Crippen LogP contribution is 2.18. The minimum Gasteiger partial charge on any atom is -0.482 e. The van der Waals surface area contributed by atoms with E-state index >= 15 is 0 Å². The zero-order chi connectivity index (χ0) is 15.2. The van der Waals surface area contributed by atoms with Crippen LogP contribution in [0.15, 0.2) is 24.3 Å². The number of nitrogens with one attached hydrogen (secondary N) is 2. The van der Waals surface area contributed by atoms with E-state index in [9.17, 15) is 9.59 Å². The standard InChI is InChI=1S/C15H17N3O3/c1-10(15(20)18-12-6-7-12)17-14(19)9-21-13-5-3-2-4-11(13)8-16/h2-5,10,12H,6-7,9H2,1H3,(H,17,19)(H,18,20). The summed E-state index contributed by atoms with van der Waals surface area (Å²) in [6, 6.07) is 8.31. The minimum absolute atomic E-state index is 0.191. The molecule has 1 aromatic carbocycles. The van der Waals surface area contributed by atoms with Crippen molar-refractivity contribution < 1.29 is 14.3 Å². The Hall–Kier alpha value is -2.55. The molecule has 1 saturated carbocycles. The Kier molecular flexibility index (Phi) is 4.77. The van der Waals surface area contributed by atoms with Gasteiger partial charge in [0.05, 0.1) is 5.56 Å². The van der Waals surface area contributed by atoms with Crippen molar-refractivity contribution in [3.05, 3.63) is 29.8 Å². The third-order valence-corrected chi connectivity index (χ3v) is 3.06. The van der Waals surface area contributed by atoms with Crippen molar-refractivity contribution in [2.75, 3.05) is 6.61 Å². The lowest BCUT2D eigenvalue weighted by atomic mass is 10.2. The van der Waals surface area contributed by atoms with E-state index in [0.717, 1.165) is 12.8 Å². The van der Waals surface area contributed by atoms with Crippen LogP contribution in [0.4, 0.5) is 0 Å². The van der Waals surface area contributed by atoms with Gasteiger partial charge in [0.15, 0.2) is 6.61 Å². The molecular formula is C15H17N3O3. The molecule has 1 aliphatic carbocycles. The number of ether oxygens (including phenoxy) is 1. The third kappa shape index (κ3) is 4.49. The van der Waals surface area contributed by atoms with Gasteiger partial charge in [-0.15, -0.1) is 0 Å². The van der Waals surface area contributed by atoms with Gasteiger partial charge in [-0.1, -0.05) is 12.1 Å². The normalized spacial score (nSPS) is 14.7. The number of rotatable bonds is 6. The fourth-order valence-corrected chi connectivity index (χ4v) is 1.73. The number of nitriles is 1. The highest BCUT2D eigenvalue weighted by atomic mass is 16.5. The van der Waals surface area contributed by atoms with Crippen LogP contribution in [0.1, 0.15) is 25.3 Å². The van der Waals surface area contributed by atoms with Crippen molar-refractivity contribution in [3.63, 3.8) is 0 Å². The number of hydrogen-bond acceptors (Lipinski definition) is 4. The molecule has 6 nitrogen and oxygen atoms in total. The summed E-state index contributed by atoms with van der Waals surface area (Å²) in [5, 5.41) is 14.3. The lowest BCUT2D eigenvalue weighted by Crippen LogP contribution is -2.46. The number of carbonyl (C=O) groups is 2. The zero-order valence-corrected chi connectivity index (χ0v) is 11.8. The molecule has 0 radical (unpaired) electrons. The van der Waals surface area contributed by atoms with E-state index in [1.54, 1.807) is 31.2 Å². The van der Waals surface area contributed by atoms with Gasteiger partial charge in [0.2, 0.25) is 5.91 Å². The van der Waals surface area contributed by atoms with Gasteiger partial charge in [-0.2, -0.15) is 5.26 Å². The van der Waals surface area contributed by atoms with Crippen LogP contribution >= 0.6 is 0 Å². The summed E-state index contributed by atoms with van der Waals surface area (Å²) in [6.07, 6.45) is 2.00. The summed E-state index contributed by atoms with van der Waals surface area (Å²) >= 11 is 0. The Bertz CT molecular complexity index is 576. The van der Waals surface area contributed by atoms with Crippen molar-refractivity contribution >= 4 is 11.8 Å². The second-order valence-corrected chi connectivity index (χ2v) is 4.97. The number of benzene rings is 1. The van der Waals surface area contributed by atoms with Crippen LogP contribution in [0.25, 0.3) is 0 Å². The molecule has 0 heterocycles. The molecule has 0 spiro atoms. The first kappa shape index (κ1) is 14.9. The van der Waals surface area contributed by atoms with E-state index in [-0.39, 0.29) is 18.6 Å². The summed E-state index contributed by atoms with van der Waals surface area (Å²) in [5.74, 6) is -0.241. The molecule has 1 atom stereocenters. The van der Waals surface area contributed by atoms with Gasteiger partial charge >= 0.3 is 0 Å².